The van der Waals surface area contributed by atoms with Crippen LogP contribution >= 0.6 is 11.8 Å². The highest BCUT2D eigenvalue weighted by atomic mass is 32.2. The molecule has 3 heteroatoms. The van der Waals surface area contributed by atoms with E-state index >= 15 is 0 Å². The van der Waals surface area contributed by atoms with Gasteiger partial charge in [-0.15, -0.1) is 0 Å². The van der Waals surface area contributed by atoms with Crippen LogP contribution in [0.2, 0.25) is 0 Å². The number of hydrogen-bond acceptors (Lipinski definition) is 2. The summed E-state index contributed by atoms with van der Waals surface area (Å²) >= 11 is 1.87. The van der Waals surface area contributed by atoms with E-state index in [0.717, 1.165) is 24.6 Å². The minimum absolute atomic E-state index is 0.606. The first-order valence-electron chi connectivity index (χ1n) is 7.23. The van der Waals surface area contributed by atoms with E-state index in [1.165, 1.54) is 17.7 Å². The van der Waals surface area contributed by atoms with Crippen molar-refractivity contribution in [1.29, 1.82) is 0 Å². The van der Waals surface area contributed by atoms with Crippen molar-refractivity contribution in [2.75, 3.05) is 12.3 Å². The minimum atomic E-state index is 0.606. The van der Waals surface area contributed by atoms with Crippen molar-refractivity contribution in [2.45, 2.75) is 39.2 Å². The van der Waals surface area contributed by atoms with E-state index in [0.29, 0.717) is 12.0 Å². The Labute approximate surface area is 121 Å². The summed E-state index contributed by atoms with van der Waals surface area (Å²) < 4.78 is 0. The molecule has 1 heterocycles. The number of benzene rings is 1. The van der Waals surface area contributed by atoms with Gasteiger partial charge in [-0.25, -0.2) is 0 Å². The lowest BCUT2D eigenvalue weighted by molar-refractivity contribution is 0.442. The summed E-state index contributed by atoms with van der Waals surface area (Å²) in [5.74, 6) is 1.89. The molecule has 1 fully saturated rings. The van der Waals surface area contributed by atoms with Gasteiger partial charge in [0.15, 0.2) is 5.17 Å². The first kappa shape index (κ1) is 14.4. The number of nitrogens with one attached hydrogen (secondary N) is 1. The molecule has 1 atom stereocenters. The molecule has 2 rings (SSSR count). The molecule has 0 aliphatic carbocycles. The number of aryl methyl sites for hydroxylation is 1. The van der Waals surface area contributed by atoms with Gasteiger partial charge in [0.1, 0.15) is 0 Å². The van der Waals surface area contributed by atoms with Crippen LogP contribution in [0.4, 0.5) is 0 Å². The number of thioether (sulfide) groups is 1. The van der Waals surface area contributed by atoms with Crippen molar-refractivity contribution in [1.82, 2.24) is 5.32 Å². The summed E-state index contributed by atoms with van der Waals surface area (Å²) in [5, 5.41) is 4.72. The zero-order chi connectivity index (χ0) is 13.5. The molecule has 1 aromatic carbocycles. The van der Waals surface area contributed by atoms with Crippen LogP contribution < -0.4 is 5.32 Å². The molecule has 1 aromatic rings. The fourth-order valence-electron chi connectivity index (χ4n) is 2.25. The molecule has 0 spiro atoms. The normalized spacial score (nSPS) is 21.6. The molecular weight excluding hydrogens is 252 g/mol. The monoisotopic (exact) mass is 276 g/mol. The average molecular weight is 276 g/mol. The molecule has 0 bridgehead atoms. The van der Waals surface area contributed by atoms with E-state index in [1.54, 1.807) is 0 Å². The average Bonchev–Trinajstić information content (AvgIpc) is 2.45. The molecule has 0 saturated carbocycles. The molecule has 2 nitrogen and oxygen atoms in total. The molecule has 1 aliphatic heterocycles. The van der Waals surface area contributed by atoms with Crippen molar-refractivity contribution >= 4 is 16.9 Å². The van der Waals surface area contributed by atoms with Gasteiger partial charge in [-0.2, -0.15) is 0 Å². The van der Waals surface area contributed by atoms with Crippen LogP contribution in [-0.2, 0) is 6.42 Å². The lowest BCUT2D eigenvalue weighted by Crippen LogP contribution is -2.41. The highest BCUT2D eigenvalue weighted by Gasteiger charge is 2.19. The number of hydrogen-bond donors (Lipinski definition) is 1. The maximum absolute atomic E-state index is 4.70. The van der Waals surface area contributed by atoms with E-state index in [2.05, 4.69) is 49.5 Å². The molecule has 1 saturated heterocycles. The first-order valence-corrected chi connectivity index (χ1v) is 8.22. The molecule has 1 aliphatic rings. The van der Waals surface area contributed by atoms with Gasteiger partial charge in [0, 0.05) is 18.3 Å². The van der Waals surface area contributed by atoms with Gasteiger partial charge in [-0.05, 0) is 30.7 Å². The topological polar surface area (TPSA) is 24.4 Å². The smallest absolute Gasteiger partial charge is 0.156 e. The fraction of sp³-hybridized carbons (Fsp3) is 0.562. The molecule has 0 radical (unpaired) electrons. The molecule has 104 valence electrons. The molecule has 1 N–H and O–H groups in total. The third-order valence-corrected chi connectivity index (χ3v) is 4.46. The van der Waals surface area contributed by atoms with Gasteiger partial charge in [-0.3, -0.25) is 4.99 Å². The minimum Gasteiger partial charge on any atom is -0.362 e. The Kier molecular flexibility index (Phi) is 5.77. The van der Waals surface area contributed by atoms with Gasteiger partial charge in [-0.1, -0.05) is 55.9 Å². The van der Waals surface area contributed by atoms with Crippen molar-refractivity contribution in [3.63, 3.8) is 0 Å². The zero-order valence-electron chi connectivity index (χ0n) is 11.9. The van der Waals surface area contributed by atoms with Crippen LogP contribution in [0.25, 0.3) is 0 Å². The zero-order valence-corrected chi connectivity index (χ0v) is 12.7. The highest BCUT2D eigenvalue weighted by Crippen LogP contribution is 2.18. The van der Waals surface area contributed by atoms with Crippen molar-refractivity contribution < 1.29 is 0 Å². The van der Waals surface area contributed by atoms with E-state index in [9.17, 15) is 0 Å². The number of aliphatic imine (C=N–C) groups is 1. The Morgan fingerprint density at radius 2 is 2.11 bits per heavy atom. The van der Waals surface area contributed by atoms with E-state index in [1.807, 2.05) is 11.8 Å². The van der Waals surface area contributed by atoms with Gasteiger partial charge in [0.05, 0.1) is 0 Å². The lowest BCUT2D eigenvalue weighted by Gasteiger charge is -2.28. The summed E-state index contributed by atoms with van der Waals surface area (Å²) in [6, 6.07) is 11.3. The summed E-state index contributed by atoms with van der Waals surface area (Å²) in [5.41, 5.74) is 1.41. The Bertz CT molecular complexity index is 400. The number of amidine groups is 1. The van der Waals surface area contributed by atoms with Crippen LogP contribution in [0.3, 0.4) is 0 Å². The SMILES string of the molecule is CC(C)C1CCSC(=NCCCc2ccccc2)N1. The van der Waals surface area contributed by atoms with Crippen molar-refractivity contribution in [3.8, 4) is 0 Å². The molecule has 0 amide bonds. The third kappa shape index (κ3) is 4.90. The van der Waals surface area contributed by atoms with Crippen LogP contribution in [0.1, 0.15) is 32.3 Å². The Balaban J connectivity index is 1.73. The molecule has 0 aromatic heterocycles. The largest absolute Gasteiger partial charge is 0.362 e. The second kappa shape index (κ2) is 7.59. The van der Waals surface area contributed by atoms with Gasteiger partial charge < -0.3 is 5.32 Å². The van der Waals surface area contributed by atoms with E-state index in [-0.39, 0.29) is 0 Å². The predicted octanol–water partition coefficient (Wildman–Crippen LogP) is 3.73. The fourth-order valence-corrected chi connectivity index (χ4v) is 3.24. The lowest BCUT2D eigenvalue weighted by atomic mass is 10.0. The summed E-state index contributed by atoms with van der Waals surface area (Å²) in [7, 11) is 0. The maximum Gasteiger partial charge on any atom is 0.156 e. The molecule has 19 heavy (non-hydrogen) atoms. The third-order valence-electron chi connectivity index (χ3n) is 3.50. The van der Waals surface area contributed by atoms with E-state index in [4.69, 9.17) is 4.99 Å². The van der Waals surface area contributed by atoms with E-state index < -0.39 is 0 Å². The van der Waals surface area contributed by atoms with Crippen LogP contribution in [0.5, 0.6) is 0 Å². The Morgan fingerprint density at radius 1 is 1.32 bits per heavy atom. The van der Waals surface area contributed by atoms with Gasteiger partial charge in [0.2, 0.25) is 0 Å². The summed E-state index contributed by atoms with van der Waals surface area (Å²) in [6.45, 7) is 5.48. The quantitative estimate of drug-likeness (QED) is 0.829. The number of nitrogens with zero attached hydrogens (tertiary/aromatic N) is 1. The maximum atomic E-state index is 4.70. The van der Waals surface area contributed by atoms with Crippen LogP contribution in [0, 0.1) is 5.92 Å². The predicted molar refractivity (Wildman–Crippen MR) is 85.9 cm³/mol. The first-order chi connectivity index (χ1) is 9.25. The Hall–Kier alpha value is -0.960. The summed E-state index contributed by atoms with van der Waals surface area (Å²) in [6.07, 6.45) is 3.50. The number of rotatable bonds is 5. The van der Waals surface area contributed by atoms with Gasteiger partial charge >= 0.3 is 0 Å². The highest BCUT2D eigenvalue weighted by molar-refractivity contribution is 8.13. The summed E-state index contributed by atoms with van der Waals surface area (Å²) in [4.78, 5) is 4.70. The molecular formula is C16H24N2S. The standard InChI is InChI=1S/C16H24N2S/c1-13(2)15-10-12-19-16(18-15)17-11-6-9-14-7-4-3-5-8-14/h3-5,7-8,13,15H,6,9-12H2,1-2H3,(H,17,18). The second-order valence-electron chi connectivity index (χ2n) is 5.41. The van der Waals surface area contributed by atoms with Crippen molar-refractivity contribution in [2.24, 2.45) is 10.9 Å². The van der Waals surface area contributed by atoms with Crippen LogP contribution in [-0.4, -0.2) is 23.5 Å². The second-order valence-corrected chi connectivity index (χ2v) is 6.49. The Morgan fingerprint density at radius 3 is 2.84 bits per heavy atom. The van der Waals surface area contributed by atoms with Gasteiger partial charge in [0.25, 0.3) is 0 Å². The van der Waals surface area contributed by atoms with Crippen molar-refractivity contribution in [3.05, 3.63) is 35.9 Å². The molecule has 1 unspecified atom stereocenters. The van der Waals surface area contributed by atoms with Crippen LogP contribution in [0.15, 0.2) is 35.3 Å².